The summed E-state index contributed by atoms with van der Waals surface area (Å²) in [5, 5.41) is 10.2. The van der Waals surface area contributed by atoms with E-state index in [1.807, 2.05) is 78.9 Å². The lowest BCUT2D eigenvalue weighted by molar-refractivity contribution is -0.148. The van der Waals surface area contributed by atoms with Crippen LogP contribution in [0.5, 0.6) is 0 Å². The Morgan fingerprint density at radius 1 is 0.690 bits per heavy atom. The van der Waals surface area contributed by atoms with Gasteiger partial charge in [-0.25, -0.2) is 0 Å². The van der Waals surface area contributed by atoms with Crippen LogP contribution in [0, 0.1) is 11.8 Å². The molecule has 0 spiro atoms. The summed E-state index contributed by atoms with van der Waals surface area (Å²) < 4.78 is 0. The normalized spacial score (nSPS) is 23.8. The van der Waals surface area contributed by atoms with Crippen LogP contribution in [0.2, 0.25) is 0 Å². The number of hydrogen-bond donors (Lipinski definition) is 1. The fourth-order valence-electron chi connectivity index (χ4n) is 5.27. The average molecular weight is 383 g/mol. The van der Waals surface area contributed by atoms with Crippen LogP contribution in [-0.2, 0) is 9.59 Å². The van der Waals surface area contributed by atoms with Gasteiger partial charge in [-0.2, -0.15) is 0 Å². The summed E-state index contributed by atoms with van der Waals surface area (Å²) in [4.78, 5) is 27.8. The van der Waals surface area contributed by atoms with Gasteiger partial charge in [0, 0.05) is 24.6 Å². The molecule has 2 atom stereocenters. The van der Waals surface area contributed by atoms with Crippen molar-refractivity contribution in [1.82, 2.24) is 0 Å². The van der Waals surface area contributed by atoms with Crippen LogP contribution in [0.1, 0.15) is 34.1 Å². The lowest BCUT2D eigenvalue weighted by Crippen LogP contribution is -2.50. The van der Waals surface area contributed by atoms with Crippen LogP contribution < -0.4 is 4.90 Å². The van der Waals surface area contributed by atoms with Gasteiger partial charge in [-0.3, -0.25) is 9.59 Å². The number of anilines is 1. The smallest absolute Gasteiger partial charge is 0.308 e. The third-order valence-electron chi connectivity index (χ3n) is 6.48. The first-order chi connectivity index (χ1) is 14.1. The summed E-state index contributed by atoms with van der Waals surface area (Å²) in [6, 6.07) is 25.4. The Balaban J connectivity index is 1.70. The van der Waals surface area contributed by atoms with Crippen molar-refractivity contribution in [2.45, 2.75) is 11.8 Å². The molecule has 1 N–H and O–H groups in total. The molecule has 1 amide bonds. The largest absolute Gasteiger partial charge is 0.481 e. The molecule has 0 aromatic heterocycles. The highest BCUT2D eigenvalue weighted by Crippen LogP contribution is 2.58. The van der Waals surface area contributed by atoms with Gasteiger partial charge in [0.1, 0.15) is 0 Å². The zero-order valence-electron chi connectivity index (χ0n) is 16.0. The van der Waals surface area contributed by atoms with Gasteiger partial charge in [-0.1, -0.05) is 66.7 Å². The van der Waals surface area contributed by atoms with E-state index in [0.717, 1.165) is 27.9 Å². The molecule has 4 nitrogen and oxygen atoms in total. The number of carbonyl (C=O) groups is 2. The van der Waals surface area contributed by atoms with Crippen molar-refractivity contribution < 1.29 is 14.7 Å². The molecule has 144 valence electrons. The van der Waals surface area contributed by atoms with Crippen molar-refractivity contribution in [2.24, 2.45) is 11.8 Å². The van der Waals surface area contributed by atoms with Crippen LogP contribution in [-0.4, -0.2) is 24.0 Å². The molecule has 6 rings (SSSR count). The van der Waals surface area contributed by atoms with Crippen molar-refractivity contribution in [3.05, 3.63) is 101 Å². The Hall–Kier alpha value is -3.40. The van der Waals surface area contributed by atoms with E-state index in [9.17, 15) is 14.7 Å². The molecule has 3 aliphatic carbocycles. The third kappa shape index (κ3) is 2.52. The van der Waals surface area contributed by atoms with Gasteiger partial charge in [0.15, 0.2) is 0 Å². The number of fused-ring (bicyclic) bond motifs is 1. The summed E-state index contributed by atoms with van der Waals surface area (Å²) in [5.41, 5.74) is 5.00. The monoisotopic (exact) mass is 383 g/mol. The number of para-hydroxylation sites is 1. The number of amides is 1. The molecule has 3 aliphatic rings. The second-order valence-corrected chi connectivity index (χ2v) is 7.84. The molecule has 3 aromatic rings. The summed E-state index contributed by atoms with van der Waals surface area (Å²) in [6.07, 6.45) is 0. The minimum absolute atomic E-state index is 0.150. The molecular weight excluding hydrogens is 362 g/mol. The van der Waals surface area contributed by atoms with Gasteiger partial charge in [-0.15, -0.1) is 0 Å². The molecule has 3 aromatic carbocycles. The fourth-order valence-corrected chi connectivity index (χ4v) is 5.27. The summed E-state index contributed by atoms with van der Waals surface area (Å²) in [7, 11) is 1.73. The third-order valence-corrected chi connectivity index (χ3v) is 6.48. The highest BCUT2D eigenvalue weighted by Gasteiger charge is 2.55. The fraction of sp³-hybridized carbons (Fsp3) is 0.200. The molecule has 0 saturated heterocycles. The topological polar surface area (TPSA) is 57.6 Å². The van der Waals surface area contributed by atoms with E-state index in [1.54, 1.807) is 11.9 Å². The maximum atomic E-state index is 13.7. The van der Waals surface area contributed by atoms with Crippen LogP contribution >= 0.6 is 0 Å². The number of aliphatic carboxylic acids is 1. The van der Waals surface area contributed by atoms with Crippen LogP contribution in [0.25, 0.3) is 0 Å². The van der Waals surface area contributed by atoms with Gasteiger partial charge in [0.2, 0.25) is 5.91 Å². The second kappa shape index (κ2) is 6.59. The van der Waals surface area contributed by atoms with Gasteiger partial charge < -0.3 is 10.0 Å². The SMILES string of the molecule is CN(C(=O)[C@@H]1C2c3ccccc3C(c3ccccc32)[C@@H]1C(=O)O)c1ccccc1. The summed E-state index contributed by atoms with van der Waals surface area (Å²) in [5.74, 6) is -3.07. The lowest BCUT2D eigenvalue weighted by atomic mass is 9.54. The Morgan fingerprint density at radius 3 is 1.55 bits per heavy atom. The van der Waals surface area contributed by atoms with E-state index in [2.05, 4.69) is 0 Å². The first-order valence-electron chi connectivity index (χ1n) is 9.82. The van der Waals surface area contributed by atoms with E-state index in [0.29, 0.717) is 0 Å². The maximum absolute atomic E-state index is 13.7. The van der Waals surface area contributed by atoms with Gasteiger partial charge in [0.05, 0.1) is 11.8 Å². The van der Waals surface area contributed by atoms with Gasteiger partial charge in [-0.05, 0) is 34.4 Å². The number of benzene rings is 3. The molecule has 0 saturated carbocycles. The Bertz CT molecular complexity index is 1060. The molecule has 0 heterocycles. The minimum Gasteiger partial charge on any atom is -0.481 e. The predicted molar refractivity (Wildman–Crippen MR) is 111 cm³/mol. The Labute approximate surface area is 169 Å². The van der Waals surface area contributed by atoms with Crippen LogP contribution in [0.15, 0.2) is 78.9 Å². The molecule has 4 heteroatoms. The van der Waals surface area contributed by atoms with E-state index < -0.39 is 17.8 Å². The predicted octanol–water partition coefficient (Wildman–Crippen LogP) is 4.26. The van der Waals surface area contributed by atoms with Crippen molar-refractivity contribution in [3.63, 3.8) is 0 Å². The Kier molecular flexibility index (Phi) is 4.02. The van der Waals surface area contributed by atoms with Crippen molar-refractivity contribution in [2.75, 3.05) is 11.9 Å². The van der Waals surface area contributed by atoms with E-state index in [4.69, 9.17) is 0 Å². The number of carboxylic acids is 1. The first-order valence-corrected chi connectivity index (χ1v) is 9.82. The molecular formula is C25H21NO3. The molecule has 0 unspecified atom stereocenters. The van der Waals surface area contributed by atoms with Crippen LogP contribution in [0.4, 0.5) is 5.69 Å². The summed E-state index contributed by atoms with van der Waals surface area (Å²) in [6.45, 7) is 0. The second-order valence-electron chi connectivity index (χ2n) is 7.84. The van der Waals surface area contributed by atoms with Crippen molar-refractivity contribution in [3.8, 4) is 0 Å². The van der Waals surface area contributed by atoms with E-state index >= 15 is 0 Å². The highest BCUT2D eigenvalue weighted by molar-refractivity contribution is 5.99. The number of hydrogen-bond acceptors (Lipinski definition) is 2. The summed E-state index contributed by atoms with van der Waals surface area (Å²) >= 11 is 0. The molecule has 29 heavy (non-hydrogen) atoms. The molecule has 2 bridgehead atoms. The van der Waals surface area contributed by atoms with Crippen molar-refractivity contribution >= 4 is 17.6 Å². The maximum Gasteiger partial charge on any atom is 0.308 e. The van der Waals surface area contributed by atoms with Gasteiger partial charge in [0.25, 0.3) is 0 Å². The minimum atomic E-state index is -0.913. The lowest BCUT2D eigenvalue weighted by Gasteiger charge is -2.49. The quantitative estimate of drug-likeness (QED) is 0.735. The molecule has 0 aliphatic heterocycles. The number of carbonyl (C=O) groups excluding carboxylic acids is 1. The first kappa shape index (κ1) is 17.7. The average Bonchev–Trinajstić information content (AvgIpc) is 2.78. The highest BCUT2D eigenvalue weighted by atomic mass is 16.4. The molecule has 0 radical (unpaired) electrons. The molecule has 0 fully saturated rings. The standard InChI is InChI=1S/C25H21NO3/c1-26(15-9-3-2-4-10-15)24(27)22-20-16-11-5-7-13-18(16)21(23(22)25(28)29)19-14-8-6-12-17(19)20/h2-14,20-23H,1H3,(H,28,29)/t20?,21?,22-,23+/m1/s1. The van der Waals surface area contributed by atoms with Gasteiger partial charge >= 0.3 is 5.97 Å². The zero-order valence-corrected chi connectivity index (χ0v) is 16.0. The zero-order chi connectivity index (χ0) is 20.1. The number of nitrogens with zero attached hydrogens (tertiary/aromatic N) is 1. The Morgan fingerprint density at radius 2 is 1.10 bits per heavy atom. The number of carboxylic acid groups (broad SMARTS) is 1. The van der Waals surface area contributed by atoms with E-state index in [1.165, 1.54) is 0 Å². The van der Waals surface area contributed by atoms with Crippen LogP contribution in [0.3, 0.4) is 0 Å². The van der Waals surface area contributed by atoms with Crippen molar-refractivity contribution in [1.29, 1.82) is 0 Å². The van der Waals surface area contributed by atoms with E-state index in [-0.39, 0.29) is 17.7 Å². The number of rotatable bonds is 3.